The van der Waals surface area contributed by atoms with Crippen LogP contribution < -0.4 is 16.4 Å². The molecule has 0 spiro atoms. The van der Waals surface area contributed by atoms with Crippen molar-refractivity contribution in [2.45, 2.75) is 38.4 Å². The molecule has 4 N–H and O–H groups in total. The van der Waals surface area contributed by atoms with Crippen molar-refractivity contribution in [3.8, 4) is 0 Å². The van der Waals surface area contributed by atoms with Gasteiger partial charge in [-0.3, -0.25) is 19.7 Å². The number of rotatable bonds is 7. The van der Waals surface area contributed by atoms with E-state index >= 15 is 0 Å². The molecule has 1 atom stereocenters. The zero-order valence-corrected chi connectivity index (χ0v) is 14.7. The molecule has 0 aromatic heterocycles. The van der Waals surface area contributed by atoms with Crippen molar-refractivity contribution in [2.75, 3.05) is 13.1 Å². The van der Waals surface area contributed by atoms with Crippen LogP contribution >= 0.6 is 0 Å². The highest BCUT2D eigenvalue weighted by molar-refractivity contribution is 6.05. The summed E-state index contributed by atoms with van der Waals surface area (Å²) in [5.41, 5.74) is 9.03. The number of hydrogen-bond donors (Lipinski definition) is 3. The molecule has 1 aromatic carbocycles. The van der Waals surface area contributed by atoms with Gasteiger partial charge in [0.25, 0.3) is 5.91 Å². The molecule has 0 saturated carbocycles. The lowest BCUT2D eigenvalue weighted by atomic mass is 10.0. The Morgan fingerprint density at radius 3 is 2.88 bits per heavy atom. The van der Waals surface area contributed by atoms with E-state index in [1.54, 1.807) is 4.90 Å². The molecule has 26 heavy (non-hydrogen) atoms. The molecule has 1 saturated heterocycles. The molecule has 2 heterocycles. The Balaban J connectivity index is 1.71. The van der Waals surface area contributed by atoms with E-state index < -0.39 is 6.04 Å². The Hall–Kier alpha value is -2.51. The normalized spacial score (nSPS) is 19.5. The smallest absolute Gasteiger partial charge is 0.255 e. The molecule has 0 radical (unpaired) electrons. The van der Waals surface area contributed by atoms with Gasteiger partial charge in [-0.05, 0) is 30.5 Å². The van der Waals surface area contributed by atoms with Crippen LogP contribution in [0.15, 0.2) is 30.4 Å². The Bertz CT molecular complexity index is 759. The number of imide groups is 1. The van der Waals surface area contributed by atoms with E-state index in [-0.39, 0.29) is 24.1 Å². The Kier molecular flexibility index (Phi) is 5.49. The summed E-state index contributed by atoms with van der Waals surface area (Å²) in [6.07, 6.45) is 1.40. The van der Waals surface area contributed by atoms with Gasteiger partial charge in [0, 0.05) is 31.6 Å². The summed E-state index contributed by atoms with van der Waals surface area (Å²) in [5.74, 6) is -0.814. The molecular weight excluding hydrogens is 332 g/mol. The van der Waals surface area contributed by atoms with Crippen LogP contribution in [0.2, 0.25) is 0 Å². The number of nitrogens with zero attached hydrogens (tertiary/aromatic N) is 1. The predicted molar refractivity (Wildman–Crippen MR) is 97.0 cm³/mol. The van der Waals surface area contributed by atoms with Crippen molar-refractivity contribution < 1.29 is 14.4 Å². The van der Waals surface area contributed by atoms with E-state index in [1.807, 2.05) is 18.2 Å². The van der Waals surface area contributed by atoms with Crippen molar-refractivity contribution in [3.63, 3.8) is 0 Å². The number of fused-ring (bicyclic) bond motifs is 1. The van der Waals surface area contributed by atoms with E-state index in [4.69, 9.17) is 5.73 Å². The van der Waals surface area contributed by atoms with Crippen LogP contribution in [0.4, 0.5) is 0 Å². The minimum absolute atomic E-state index is 0.146. The lowest BCUT2D eigenvalue weighted by molar-refractivity contribution is -0.136. The number of piperidine rings is 1. The number of benzene rings is 1. The van der Waals surface area contributed by atoms with Gasteiger partial charge in [0.1, 0.15) is 6.04 Å². The van der Waals surface area contributed by atoms with Gasteiger partial charge >= 0.3 is 0 Å². The third kappa shape index (κ3) is 3.68. The second kappa shape index (κ2) is 7.80. The van der Waals surface area contributed by atoms with Crippen LogP contribution in [0.3, 0.4) is 0 Å². The summed E-state index contributed by atoms with van der Waals surface area (Å²) in [6.45, 7) is 6.12. The zero-order valence-electron chi connectivity index (χ0n) is 14.7. The molecule has 1 aromatic rings. The molecule has 7 heteroatoms. The molecule has 2 aliphatic heterocycles. The maximum atomic E-state index is 12.9. The summed E-state index contributed by atoms with van der Waals surface area (Å²) in [6, 6.07) is 5.17. The SMILES string of the molecule is C=C(CCN)CNCc1cccc2c1C(=O)N(C1CCC(=O)NC1=O)C2. The van der Waals surface area contributed by atoms with Crippen LogP contribution in [0.25, 0.3) is 0 Å². The molecule has 138 valence electrons. The van der Waals surface area contributed by atoms with Gasteiger partial charge < -0.3 is 16.0 Å². The first-order chi connectivity index (χ1) is 12.5. The van der Waals surface area contributed by atoms with Gasteiger partial charge in [-0.25, -0.2) is 0 Å². The van der Waals surface area contributed by atoms with Crippen molar-refractivity contribution in [1.29, 1.82) is 0 Å². The van der Waals surface area contributed by atoms with E-state index in [1.165, 1.54) is 0 Å². The maximum absolute atomic E-state index is 12.9. The fraction of sp³-hybridized carbons (Fsp3) is 0.421. The van der Waals surface area contributed by atoms with E-state index in [0.717, 1.165) is 23.1 Å². The summed E-state index contributed by atoms with van der Waals surface area (Å²) < 4.78 is 0. The summed E-state index contributed by atoms with van der Waals surface area (Å²) in [5, 5.41) is 5.62. The first kappa shape index (κ1) is 18.3. The molecule has 7 nitrogen and oxygen atoms in total. The van der Waals surface area contributed by atoms with Gasteiger partial charge in [0.15, 0.2) is 0 Å². The van der Waals surface area contributed by atoms with Gasteiger partial charge in [-0.1, -0.05) is 30.4 Å². The molecule has 1 unspecified atom stereocenters. The van der Waals surface area contributed by atoms with Crippen LogP contribution in [0.5, 0.6) is 0 Å². The van der Waals surface area contributed by atoms with E-state index in [2.05, 4.69) is 17.2 Å². The lowest BCUT2D eigenvalue weighted by Gasteiger charge is -2.29. The average Bonchev–Trinajstić information content (AvgIpc) is 2.93. The molecule has 3 amide bonds. The maximum Gasteiger partial charge on any atom is 0.255 e. The minimum atomic E-state index is -0.585. The van der Waals surface area contributed by atoms with Gasteiger partial charge in [0.05, 0.1) is 0 Å². The topological polar surface area (TPSA) is 105 Å². The lowest BCUT2D eigenvalue weighted by Crippen LogP contribution is -2.52. The average molecular weight is 356 g/mol. The van der Waals surface area contributed by atoms with Crippen molar-refractivity contribution in [2.24, 2.45) is 5.73 Å². The first-order valence-corrected chi connectivity index (χ1v) is 8.84. The molecule has 0 aliphatic carbocycles. The third-order valence-corrected chi connectivity index (χ3v) is 4.83. The standard InChI is InChI=1S/C19H24N4O3/c1-12(7-8-20)9-21-10-13-3-2-4-14-11-23(19(26)17(13)14)15-5-6-16(24)22-18(15)25/h2-4,15,21H,1,5-11,20H2,(H,22,24,25). The summed E-state index contributed by atoms with van der Waals surface area (Å²) in [4.78, 5) is 38.0. The molecule has 3 rings (SSSR count). The van der Waals surface area contributed by atoms with Gasteiger partial charge in [0.2, 0.25) is 11.8 Å². The summed E-state index contributed by atoms with van der Waals surface area (Å²) in [7, 11) is 0. The number of amides is 3. The number of nitrogens with two attached hydrogens (primary N) is 1. The summed E-state index contributed by atoms with van der Waals surface area (Å²) >= 11 is 0. The Labute approximate surface area is 152 Å². The second-order valence-electron chi connectivity index (χ2n) is 6.74. The molecule has 0 bridgehead atoms. The van der Waals surface area contributed by atoms with Crippen molar-refractivity contribution in [1.82, 2.24) is 15.5 Å². The van der Waals surface area contributed by atoms with Crippen molar-refractivity contribution in [3.05, 3.63) is 47.0 Å². The van der Waals surface area contributed by atoms with Crippen molar-refractivity contribution >= 4 is 17.7 Å². The van der Waals surface area contributed by atoms with E-state index in [9.17, 15) is 14.4 Å². The second-order valence-corrected chi connectivity index (χ2v) is 6.74. The quantitative estimate of drug-likeness (QED) is 0.486. The number of carbonyl (C=O) groups excluding carboxylic acids is 3. The van der Waals surface area contributed by atoms with Crippen LogP contribution in [0, 0.1) is 0 Å². The van der Waals surface area contributed by atoms with Gasteiger partial charge in [-0.2, -0.15) is 0 Å². The number of carbonyl (C=O) groups is 3. The Morgan fingerprint density at radius 2 is 2.15 bits per heavy atom. The highest BCUT2D eigenvalue weighted by Crippen LogP contribution is 2.29. The number of hydrogen-bond acceptors (Lipinski definition) is 5. The monoisotopic (exact) mass is 356 g/mol. The largest absolute Gasteiger partial charge is 0.330 e. The fourth-order valence-corrected chi connectivity index (χ4v) is 3.50. The molecule has 1 fully saturated rings. The van der Waals surface area contributed by atoms with E-state index in [0.29, 0.717) is 38.2 Å². The minimum Gasteiger partial charge on any atom is -0.330 e. The predicted octanol–water partition coefficient (Wildman–Crippen LogP) is 0.442. The molecule has 2 aliphatic rings. The highest BCUT2D eigenvalue weighted by atomic mass is 16.2. The molecular formula is C19H24N4O3. The zero-order chi connectivity index (χ0) is 18.7. The highest BCUT2D eigenvalue weighted by Gasteiger charge is 2.39. The van der Waals surface area contributed by atoms with Crippen LogP contribution in [-0.4, -0.2) is 41.8 Å². The van der Waals surface area contributed by atoms with Crippen LogP contribution in [-0.2, 0) is 22.7 Å². The third-order valence-electron chi connectivity index (χ3n) is 4.83. The fourth-order valence-electron chi connectivity index (χ4n) is 3.50. The van der Waals surface area contributed by atoms with Gasteiger partial charge in [-0.15, -0.1) is 0 Å². The first-order valence-electron chi connectivity index (χ1n) is 8.84. The number of nitrogens with one attached hydrogen (secondary N) is 2. The van der Waals surface area contributed by atoms with Crippen LogP contribution in [0.1, 0.15) is 40.7 Å². The Morgan fingerprint density at radius 1 is 1.35 bits per heavy atom.